The number of amides is 1. The number of primary amides is 1. The van der Waals surface area contributed by atoms with Gasteiger partial charge in [-0.3, -0.25) is 9.59 Å². The van der Waals surface area contributed by atoms with E-state index in [0.29, 0.717) is 5.82 Å². The third-order valence-corrected chi connectivity index (χ3v) is 2.11. The van der Waals surface area contributed by atoms with Gasteiger partial charge in [0.2, 0.25) is 0 Å². The Kier molecular flexibility index (Phi) is 2.51. The van der Waals surface area contributed by atoms with Crippen molar-refractivity contribution in [3.8, 4) is 11.4 Å². The minimum atomic E-state index is -0.784. The van der Waals surface area contributed by atoms with E-state index >= 15 is 0 Å². The lowest BCUT2D eigenvalue weighted by atomic mass is 10.2. The van der Waals surface area contributed by atoms with Crippen molar-refractivity contribution in [3.63, 3.8) is 0 Å². The van der Waals surface area contributed by atoms with Crippen LogP contribution in [0.15, 0.2) is 41.3 Å². The van der Waals surface area contributed by atoms with Crippen LogP contribution in [0.4, 0.5) is 0 Å². The van der Waals surface area contributed by atoms with E-state index in [1.807, 2.05) is 30.3 Å². The van der Waals surface area contributed by atoms with Crippen molar-refractivity contribution in [2.45, 2.75) is 0 Å². The third-order valence-electron chi connectivity index (χ3n) is 2.11. The molecule has 1 heterocycles. The Morgan fingerprint density at radius 2 is 1.94 bits per heavy atom. The molecule has 3 N–H and O–H groups in total. The Morgan fingerprint density at radius 3 is 2.50 bits per heavy atom. The van der Waals surface area contributed by atoms with Gasteiger partial charge in [0.25, 0.3) is 11.5 Å². The Balaban J connectivity index is 2.51. The van der Waals surface area contributed by atoms with Crippen LogP contribution in [0.3, 0.4) is 0 Å². The number of aromatic nitrogens is 2. The molecule has 5 heteroatoms. The predicted molar refractivity (Wildman–Crippen MR) is 58.8 cm³/mol. The van der Waals surface area contributed by atoms with Crippen LogP contribution in [0.1, 0.15) is 10.4 Å². The lowest BCUT2D eigenvalue weighted by Crippen LogP contribution is -2.24. The van der Waals surface area contributed by atoms with Crippen molar-refractivity contribution >= 4 is 5.91 Å². The molecule has 0 aliphatic rings. The molecule has 16 heavy (non-hydrogen) atoms. The zero-order chi connectivity index (χ0) is 11.5. The summed E-state index contributed by atoms with van der Waals surface area (Å²) in [5.74, 6) is -0.371. The van der Waals surface area contributed by atoms with Crippen molar-refractivity contribution in [3.05, 3.63) is 52.4 Å². The van der Waals surface area contributed by atoms with E-state index in [1.54, 1.807) is 0 Å². The topological polar surface area (TPSA) is 88.8 Å². The molecule has 0 aliphatic heterocycles. The van der Waals surface area contributed by atoms with Gasteiger partial charge in [0.1, 0.15) is 11.4 Å². The largest absolute Gasteiger partial charge is 0.365 e. The highest BCUT2D eigenvalue weighted by Gasteiger charge is 2.08. The number of benzene rings is 1. The van der Waals surface area contributed by atoms with Crippen LogP contribution in [0, 0.1) is 0 Å². The summed E-state index contributed by atoms with van der Waals surface area (Å²) in [6.07, 6.45) is 1.18. The van der Waals surface area contributed by atoms with Crippen molar-refractivity contribution in [2.24, 2.45) is 5.73 Å². The zero-order valence-corrected chi connectivity index (χ0v) is 8.31. The van der Waals surface area contributed by atoms with Gasteiger partial charge in [-0.1, -0.05) is 30.3 Å². The number of nitrogens with two attached hydrogens (primary N) is 1. The summed E-state index contributed by atoms with van der Waals surface area (Å²) < 4.78 is 0. The highest BCUT2D eigenvalue weighted by molar-refractivity contribution is 5.92. The summed E-state index contributed by atoms with van der Waals surface area (Å²) in [4.78, 5) is 28.8. The first-order valence-corrected chi connectivity index (χ1v) is 4.63. The van der Waals surface area contributed by atoms with Crippen LogP contribution in [-0.2, 0) is 0 Å². The number of rotatable bonds is 2. The number of nitrogens with one attached hydrogen (secondary N) is 1. The molecule has 0 aliphatic carbocycles. The number of carbonyl (C=O) groups is 1. The van der Waals surface area contributed by atoms with Crippen molar-refractivity contribution in [2.75, 3.05) is 0 Å². The van der Waals surface area contributed by atoms with Gasteiger partial charge in [-0.25, -0.2) is 4.98 Å². The molecule has 0 atom stereocenters. The van der Waals surface area contributed by atoms with Crippen LogP contribution < -0.4 is 11.3 Å². The van der Waals surface area contributed by atoms with Gasteiger partial charge < -0.3 is 10.7 Å². The Hall–Kier alpha value is -2.43. The average Bonchev–Trinajstić information content (AvgIpc) is 2.29. The highest BCUT2D eigenvalue weighted by Crippen LogP contribution is 2.11. The summed E-state index contributed by atoms with van der Waals surface area (Å²) in [6, 6.07) is 9.14. The summed E-state index contributed by atoms with van der Waals surface area (Å²) in [5, 5.41) is 0. The van der Waals surface area contributed by atoms with Gasteiger partial charge in [0, 0.05) is 11.8 Å². The fraction of sp³-hybridized carbons (Fsp3) is 0. The maximum absolute atomic E-state index is 11.5. The second kappa shape index (κ2) is 3.98. The number of carbonyl (C=O) groups excluding carboxylic acids is 1. The van der Waals surface area contributed by atoms with E-state index < -0.39 is 11.5 Å². The molecule has 1 aromatic heterocycles. The monoisotopic (exact) mass is 215 g/mol. The van der Waals surface area contributed by atoms with Gasteiger partial charge >= 0.3 is 0 Å². The highest BCUT2D eigenvalue weighted by atomic mass is 16.2. The van der Waals surface area contributed by atoms with Gasteiger partial charge in [-0.05, 0) is 0 Å². The van der Waals surface area contributed by atoms with Crippen LogP contribution in [0.25, 0.3) is 11.4 Å². The van der Waals surface area contributed by atoms with Gasteiger partial charge in [-0.2, -0.15) is 0 Å². The van der Waals surface area contributed by atoms with Crippen LogP contribution in [-0.4, -0.2) is 15.9 Å². The lowest BCUT2D eigenvalue weighted by Gasteiger charge is -2.00. The minimum absolute atomic E-state index is 0.139. The summed E-state index contributed by atoms with van der Waals surface area (Å²) in [5.41, 5.74) is 5.11. The van der Waals surface area contributed by atoms with Gasteiger partial charge in [0.05, 0.1) is 0 Å². The number of H-pyrrole nitrogens is 1. The van der Waals surface area contributed by atoms with Crippen LogP contribution in [0.2, 0.25) is 0 Å². The van der Waals surface area contributed by atoms with E-state index in [1.165, 1.54) is 6.20 Å². The summed E-state index contributed by atoms with van der Waals surface area (Å²) in [6.45, 7) is 0. The second-order valence-electron chi connectivity index (χ2n) is 3.20. The molecule has 5 nitrogen and oxygen atoms in total. The minimum Gasteiger partial charge on any atom is -0.365 e. The summed E-state index contributed by atoms with van der Waals surface area (Å²) in [7, 11) is 0. The van der Waals surface area contributed by atoms with Crippen molar-refractivity contribution < 1.29 is 4.79 Å². The Morgan fingerprint density at radius 1 is 1.25 bits per heavy atom. The molecule has 0 fully saturated rings. The molecule has 0 radical (unpaired) electrons. The first kappa shape index (κ1) is 10.1. The van der Waals surface area contributed by atoms with Gasteiger partial charge in [-0.15, -0.1) is 0 Å². The first-order valence-electron chi connectivity index (χ1n) is 4.63. The standard InChI is InChI=1S/C11H9N3O2/c12-9(15)8-6-13-10(14-11(8)16)7-4-2-1-3-5-7/h1-6H,(H2,12,15)(H,13,14,16). The Bertz CT molecular complexity index is 575. The quantitative estimate of drug-likeness (QED) is 0.766. The molecule has 80 valence electrons. The molecule has 1 amide bonds. The maximum Gasteiger partial charge on any atom is 0.264 e. The lowest BCUT2D eigenvalue weighted by molar-refractivity contribution is 0.0998. The fourth-order valence-corrected chi connectivity index (χ4v) is 1.31. The molecular weight excluding hydrogens is 206 g/mol. The van der Waals surface area contributed by atoms with E-state index in [-0.39, 0.29) is 5.56 Å². The van der Waals surface area contributed by atoms with Crippen LogP contribution in [0.5, 0.6) is 0 Å². The molecule has 0 saturated carbocycles. The van der Waals surface area contributed by atoms with Crippen molar-refractivity contribution in [1.82, 2.24) is 9.97 Å². The molecule has 0 unspecified atom stereocenters. The number of aromatic amines is 1. The zero-order valence-electron chi connectivity index (χ0n) is 8.31. The molecular formula is C11H9N3O2. The van der Waals surface area contributed by atoms with E-state index in [4.69, 9.17) is 5.73 Å². The van der Waals surface area contributed by atoms with E-state index in [2.05, 4.69) is 9.97 Å². The second-order valence-corrected chi connectivity index (χ2v) is 3.20. The van der Waals surface area contributed by atoms with Gasteiger partial charge in [0.15, 0.2) is 0 Å². The molecule has 2 rings (SSSR count). The summed E-state index contributed by atoms with van der Waals surface area (Å²) >= 11 is 0. The molecule has 0 bridgehead atoms. The smallest absolute Gasteiger partial charge is 0.264 e. The van der Waals surface area contributed by atoms with Crippen LogP contribution >= 0.6 is 0 Å². The number of hydrogen-bond acceptors (Lipinski definition) is 3. The molecule has 0 saturated heterocycles. The predicted octanol–water partition coefficient (Wildman–Crippen LogP) is 0.536. The fourth-order valence-electron chi connectivity index (χ4n) is 1.31. The first-order chi connectivity index (χ1) is 7.68. The van der Waals surface area contributed by atoms with Crippen molar-refractivity contribution in [1.29, 1.82) is 0 Å². The SMILES string of the molecule is NC(=O)c1cnc(-c2ccccc2)[nH]c1=O. The van der Waals surface area contributed by atoms with E-state index in [9.17, 15) is 9.59 Å². The molecule has 0 spiro atoms. The maximum atomic E-state index is 11.5. The third kappa shape index (κ3) is 1.83. The number of hydrogen-bond donors (Lipinski definition) is 2. The molecule has 2 aromatic rings. The Labute approximate surface area is 91.0 Å². The molecule has 1 aromatic carbocycles. The average molecular weight is 215 g/mol. The number of nitrogens with zero attached hydrogens (tertiary/aromatic N) is 1. The normalized spacial score (nSPS) is 10.0. The van der Waals surface area contributed by atoms with E-state index in [0.717, 1.165) is 5.56 Å².